The number of anilines is 3. The van der Waals surface area contributed by atoms with Gasteiger partial charge in [0.05, 0.1) is 18.0 Å². The Bertz CT molecular complexity index is 759. The molecule has 0 saturated carbocycles. The molecule has 138 valence electrons. The molecule has 2 amide bonds. The van der Waals surface area contributed by atoms with Crippen LogP contribution < -0.4 is 27.2 Å². The number of ether oxygens (including phenoxy) is 1. The van der Waals surface area contributed by atoms with Crippen LogP contribution in [0.2, 0.25) is 0 Å². The summed E-state index contributed by atoms with van der Waals surface area (Å²) in [6.45, 7) is 4.74. The minimum Gasteiger partial charge on any atom is -0.399 e. The Morgan fingerprint density at radius 2 is 1.85 bits per heavy atom. The molecule has 7 heteroatoms. The lowest BCUT2D eigenvalue weighted by Gasteiger charge is -2.16. The number of urea groups is 1. The van der Waals surface area contributed by atoms with Crippen LogP contribution in [0.5, 0.6) is 0 Å². The number of nitrogens with zero attached hydrogens (tertiary/aromatic N) is 1. The van der Waals surface area contributed by atoms with Crippen molar-refractivity contribution >= 4 is 23.1 Å². The summed E-state index contributed by atoms with van der Waals surface area (Å²) >= 11 is 0. The molecule has 0 atom stereocenters. The van der Waals surface area contributed by atoms with Crippen molar-refractivity contribution in [1.29, 1.82) is 0 Å². The van der Waals surface area contributed by atoms with Crippen molar-refractivity contribution < 1.29 is 9.53 Å². The van der Waals surface area contributed by atoms with Gasteiger partial charge in [-0.2, -0.15) is 0 Å². The van der Waals surface area contributed by atoms with Crippen LogP contribution in [0.3, 0.4) is 0 Å². The highest BCUT2D eigenvalue weighted by Gasteiger charge is 2.05. The summed E-state index contributed by atoms with van der Waals surface area (Å²) < 4.78 is 5.22. The minimum absolute atomic E-state index is 0.308. The van der Waals surface area contributed by atoms with Crippen molar-refractivity contribution in [3.05, 3.63) is 66.0 Å². The highest BCUT2D eigenvalue weighted by Crippen LogP contribution is 2.18. The molecular weight excluding hydrogens is 330 g/mol. The third-order valence-corrected chi connectivity index (χ3v) is 3.59. The summed E-state index contributed by atoms with van der Waals surface area (Å²) in [6.07, 6.45) is 1.60. The number of hydrogen-bond acceptors (Lipinski definition) is 5. The van der Waals surface area contributed by atoms with Gasteiger partial charge >= 0.3 is 6.03 Å². The average molecular weight is 355 g/mol. The standard InChI is InChI=1S/C19H25N5O2/c1-3-26-13-15(20)12-24(21)17-10-8-16(9-11-17)22-19(25)23-18-7-5-4-6-14(18)2/h4-12H,3,13,20-21H2,1-2H3,(H2,22,23,25)/b15-12-. The van der Waals surface area contributed by atoms with E-state index < -0.39 is 0 Å². The van der Waals surface area contributed by atoms with Crippen molar-refractivity contribution in [2.75, 3.05) is 28.9 Å². The van der Waals surface area contributed by atoms with Gasteiger partial charge in [-0.05, 0) is 49.7 Å². The second-order valence-corrected chi connectivity index (χ2v) is 5.69. The maximum atomic E-state index is 12.1. The molecule has 7 nitrogen and oxygen atoms in total. The highest BCUT2D eigenvalue weighted by atomic mass is 16.5. The van der Waals surface area contributed by atoms with Crippen LogP contribution >= 0.6 is 0 Å². The van der Waals surface area contributed by atoms with Gasteiger partial charge in [0.25, 0.3) is 0 Å². The van der Waals surface area contributed by atoms with Gasteiger partial charge in [0.1, 0.15) is 0 Å². The van der Waals surface area contributed by atoms with Gasteiger partial charge in [-0.15, -0.1) is 0 Å². The van der Waals surface area contributed by atoms with E-state index in [4.69, 9.17) is 16.3 Å². The Morgan fingerprint density at radius 3 is 2.50 bits per heavy atom. The predicted octanol–water partition coefficient (Wildman–Crippen LogP) is 3.16. The van der Waals surface area contributed by atoms with Gasteiger partial charge in [-0.25, -0.2) is 10.6 Å². The van der Waals surface area contributed by atoms with E-state index in [9.17, 15) is 4.79 Å². The first-order valence-electron chi connectivity index (χ1n) is 8.31. The van der Waals surface area contributed by atoms with E-state index in [-0.39, 0.29) is 6.03 Å². The van der Waals surface area contributed by atoms with Crippen LogP contribution in [-0.2, 0) is 4.74 Å². The van der Waals surface area contributed by atoms with Gasteiger partial charge < -0.3 is 21.1 Å². The Hall–Kier alpha value is -3.03. The molecule has 0 unspecified atom stereocenters. The lowest BCUT2D eigenvalue weighted by atomic mass is 10.2. The second kappa shape index (κ2) is 9.45. The maximum absolute atomic E-state index is 12.1. The summed E-state index contributed by atoms with van der Waals surface area (Å²) in [7, 11) is 0. The van der Waals surface area contributed by atoms with Gasteiger partial charge in [0.2, 0.25) is 0 Å². The zero-order chi connectivity index (χ0) is 18.9. The zero-order valence-electron chi connectivity index (χ0n) is 15.0. The van der Waals surface area contributed by atoms with Gasteiger partial charge in [0.15, 0.2) is 0 Å². The topological polar surface area (TPSA) is 106 Å². The number of hydrogen-bond donors (Lipinski definition) is 4. The maximum Gasteiger partial charge on any atom is 0.323 e. The first-order valence-corrected chi connectivity index (χ1v) is 8.31. The van der Waals surface area contributed by atoms with E-state index in [1.807, 2.05) is 38.1 Å². The lowest BCUT2D eigenvalue weighted by molar-refractivity contribution is 0.170. The molecule has 0 aliphatic heterocycles. The van der Waals surface area contributed by atoms with E-state index in [2.05, 4.69) is 10.6 Å². The summed E-state index contributed by atoms with van der Waals surface area (Å²) in [4.78, 5) is 12.1. The van der Waals surface area contributed by atoms with E-state index in [0.717, 1.165) is 16.9 Å². The Balaban J connectivity index is 1.94. The largest absolute Gasteiger partial charge is 0.399 e. The van der Waals surface area contributed by atoms with Gasteiger partial charge in [0, 0.05) is 24.2 Å². The number of aryl methyl sites for hydroxylation is 1. The molecule has 0 aliphatic carbocycles. The van der Waals surface area contributed by atoms with E-state index in [1.54, 1.807) is 30.5 Å². The summed E-state index contributed by atoms with van der Waals surface area (Å²) in [6, 6.07) is 14.4. The van der Waals surface area contributed by atoms with Crippen LogP contribution in [0.15, 0.2) is 60.4 Å². The summed E-state index contributed by atoms with van der Waals surface area (Å²) in [5, 5.41) is 7.01. The third kappa shape index (κ3) is 5.80. The number of para-hydroxylation sites is 1. The van der Waals surface area contributed by atoms with Crippen molar-refractivity contribution in [3.8, 4) is 0 Å². The summed E-state index contributed by atoms with van der Waals surface area (Å²) in [5.74, 6) is 5.96. The fraction of sp³-hybridized carbons (Fsp3) is 0.211. The molecule has 0 radical (unpaired) electrons. The molecule has 26 heavy (non-hydrogen) atoms. The summed E-state index contributed by atoms with van der Waals surface area (Å²) in [5.41, 5.74) is 9.50. The SMILES string of the molecule is CCOC/C(N)=C/N(N)c1ccc(NC(=O)Nc2ccccc2C)cc1. The highest BCUT2D eigenvalue weighted by molar-refractivity contribution is 6.00. The Morgan fingerprint density at radius 1 is 1.15 bits per heavy atom. The monoisotopic (exact) mass is 355 g/mol. The molecule has 2 aromatic rings. The van der Waals surface area contributed by atoms with Gasteiger partial charge in [-0.3, -0.25) is 5.01 Å². The van der Waals surface area contributed by atoms with Crippen LogP contribution in [0.4, 0.5) is 21.9 Å². The zero-order valence-corrected chi connectivity index (χ0v) is 15.0. The fourth-order valence-electron chi connectivity index (χ4n) is 2.23. The molecular formula is C19H25N5O2. The molecule has 0 spiro atoms. The first kappa shape index (κ1) is 19.3. The van der Waals surface area contributed by atoms with Crippen molar-refractivity contribution in [3.63, 3.8) is 0 Å². The molecule has 6 N–H and O–H groups in total. The minimum atomic E-state index is -0.308. The second-order valence-electron chi connectivity index (χ2n) is 5.69. The van der Waals surface area contributed by atoms with Crippen LogP contribution in [0.1, 0.15) is 12.5 Å². The lowest BCUT2D eigenvalue weighted by Crippen LogP contribution is -2.27. The van der Waals surface area contributed by atoms with Crippen molar-refractivity contribution in [2.24, 2.45) is 11.6 Å². The van der Waals surface area contributed by atoms with Crippen LogP contribution in [-0.4, -0.2) is 19.2 Å². The predicted molar refractivity (Wildman–Crippen MR) is 106 cm³/mol. The van der Waals surface area contributed by atoms with E-state index in [0.29, 0.717) is 24.6 Å². The third-order valence-electron chi connectivity index (χ3n) is 3.59. The van der Waals surface area contributed by atoms with E-state index >= 15 is 0 Å². The number of carbonyl (C=O) groups is 1. The molecule has 0 heterocycles. The Labute approximate surface area is 153 Å². The quantitative estimate of drug-likeness (QED) is 0.451. The molecule has 0 aromatic heterocycles. The molecule has 0 bridgehead atoms. The number of nitrogens with one attached hydrogen (secondary N) is 2. The number of carbonyl (C=O) groups excluding carboxylic acids is 1. The van der Waals surface area contributed by atoms with E-state index in [1.165, 1.54) is 5.01 Å². The van der Waals surface area contributed by atoms with Crippen molar-refractivity contribution in [1.82, 2.24) is 0 Å². The number of benzene rings is 2. The molecule has 2 rings (SSSR count). The van der Waals surface area contributed by atoms with Gasteiger partial charge in [-0.1, -0.05) is 18.2 Å². The number of nitrogens with two attached hydrogens (primary N) is 2. The molecule has 0 saturated heterocycles. The number of rotatable bonds is 7. The van der Waals surface area contributed by atoms with Crippen LogP contribution in [0.25, 0.3) is 0 Å². The van der Waals surface area contributed by atoms with Crippen LogP contribution in [0, 0.1) is 6.92 Å². The molecule has 2 aromatic carbocycles. The fourth-order valence-corrected chi connectivity index (χ4v) is 2.23. The smallest absolute Gasteiger partial charge is 0.323 e. The number of hydrazine groups is 1. The molecule has 0 aliphatic rings. The number of amides is 2. The average Bonchev–Trinajstić information content (AvgIpc) is 2.62. The Kier molecular flexibility index (Phi) is 7.02. The first-order chi connectivity index (χ1) is 12.5. The normalized spacial score (nSPS) is 11.1. The molecule has 0 fully saturated rings. The van der Waals surface area contributed by atoms with Crippen molar-refractivity contribution in [2.45, 2.75) is 13.8 Å².